The van der Waals surface area contributed by atoms with Gasteiger partial charge in [0, 0.05) is 19.2 Å². The molecule has 9 heteroatoms. The van der Waals surface area contributed by atoms with Crippen molar-refractivity contribution in [2.45, 2.75) is 26.4 Å². The van der Waals surface area contributed by atoms with Crippen LogP contribution in [0.2, 0.25) is 0 Å². The maximum absolute atomic E-state index is 13.7. The van der Waals surface area contributed by atoms with Crippen LogP contribution >= 0.6 is 11.3 Å². The van der Waals surface area contributed by atoms with Gasteiger partial charge in [-0.15, -0.1) is 10.2 Å². The lowest BCUT2D eigenvalue weighted by Gasteiger charge is -2.16. The number of ether oxygens (including phenoxy) is 1. The van der Waals surface area contributed by atoms with E-state index in [1.165, 1.54) is 12.1 Å². The van der Waals surface area contributed by atoms with E-state index < -0.39 is 11.7 Å². The molecule has 2 aromatic carbocycles. The second kappa shape index (κ2) is 10.6. The Morgan fingerprint density at radius 1 is 1.13 bits per heavy atom. The van der Waals surface area contributed by atoms with Gasteiger partial charge in [0.1, 0.15) is 18.2 Å². The number of amides is 2. The first kappa shape index (κ1) is 22.4. The average Bonchev–Trinajstić information content (AvgIpc) is 3.27. The zero-order chi connectivity index (χ0) is 22.2. The van der Waals surface area contributed by atoms with Gasteiger partial charge in [0.05, 0.1) is 5.69 Å². The molecule has 31 heavy (non-hydrogen) atoms. The smallest absolute Gasteiger partial charge is 0.286 e. The second-order valence-electron chi connectivity index (χ2n) is 6.83. The van der Waals surface area contributed by atoms with Gasteiger partial charge in [-0.2, -0.15) is 0 Å². The molecular formula is C22H23FN4O3S. The van der Waals surface area contributed by atoms with Crippen molar-refractivity contribution in [1.82, 2.24) is 15.1 Å². The van der Waals surface area contributed by atoms with Gasteiger partial charge >= 0.3 is 0 Å². The molecule has 0 aliphatic heterocycles. The third-order valence-electron chi connectivity index (χ3n) is 4.44. The first-order valence-corrected chi connectivity index (χ1v) is 10.7. The van der Waals surface area contributed by atoms with Crippen molar-refractivity contribution in [3.05, 3.63) is 69.9 Å². The number of aromatic nitrogens is 2. The van der Waals surface area contributed by atoms with Crippen molar-refractivity contribution < 1.29 is 18.7 Å². The van der Waals surface area contributed by atoms with Crippen LogP contribution in [0.5, 0.6) is 5.75 Å². The molecule has 1 heterocycles. The number of rotatable bonds is 9. The SMILES string of the molecule is CCCCN(C)C(=O)c1ccc(OCc2nnc(C(=O)Nc3ccccc3F)s2)cc1. The van der Waals surface area contributed by atoms with E-state index in [4.69, 9.17) is 4.74 Å². The molecule has 0 aliphatic carbocycles. The Morgan fingerprint density at radius 3 is 2.58 bits per heavy atom. The molecule has 3 aromatic rings. The van der Waals surface area contributed by atoms with Gasteiger partial charge in [0.15, 0.2) is 5.01 Å². The Balaban J connectivity index is 1.54. The molecule has 1 N–H and O–H groups in total. The summed E-state index contributed by atoms with van der Waals surface area (Å²) in [5, 5.41) is 10.9. The highest BCUT2D eigenvalue weighted by atomic mass is 32.1. The fourth-order valence-electron chi connectivity index (χ4n) is 2.70. The highest BCUT2D eigenvalue weighted by Crippen LogP contribution is 2.19. The third-order valence-corrected chi connectivity index (χ3v) is 5.34. The van der Waals surface area contributed by atoms with Crippen LogP contribution < -0.4 is 10.1 Å². The predicted octanol–water partition coefficient (Wildman–Crippen LogP) is 4.38. The molecular weight excluding hydrogens is 419 g/mol. The molecule has 0 saturated carbocycles. The summed E-state index contributed by atoms with van der Waals surface area (Å²) in [6, 6.07) is 12.8. The summed E-state index contributed by atoms with van der Waals surface area (Å²) < 4.78 is 19.3. The Bertz CT molecular complexity index is 1040. The third kappa shape index (κ3) is 6.08. The zero-order valence-corrected chi connectivity index (χ0v) is 18.1. The number of unbranched alkanes of at least 4 members (excludes halogenated alkanes) is 1. The van der Waals surface area contributed by atoms with Gasteiger partial charge in [-0.3, -0.25) is 9.59 Å². The summed E-state index contributed by atoms with van der Waals surface area (Å²) in [7, 11) is 1.79. The van der Waals surface area contributed by atoms with Crippen LogP contribution in [0.25, 0.3) is 0 Å². The summed E-state index contributed by atoms with van der Waals surface area (Å²) >= 11 is 1.06. The number of carbonyl (C=O) groups excluding carboxylic acids is 2. The van der Waals surface area contributed by atoms with E-state index in [0.717, 1.165) is 30.7 Å². The summed E-state index contributed by atoms with van der Waals surface area (Å²) in [4.78, 5) is 26.3. The van der Waals surface area contributed by atoms with Crippen molar-refractivity contribution in [1.29, 1.82) is 0 Å². The molecule has 0 atom stereocenters. The van der Waals surface area contributed by atoms with Crippen molar-refractivity contribution in [3.8, 4) is 5.75 Å². The number of hydrogen-bond acceptors (Lipinski definition) is 6. The van der Waals surface area contributed by atoms with E-state index in [1.54, 1.807) is 48.3 Å². The van der Waals surface area contributed by atoms with Gasteiger partial charge in [-0.1, -0.05) is 36.8 Å². The largest absolute Gasteiger partial charge is 0.486 e. The van der Waals surface area contributed by atoms with Gasteiger partial charge in [0.2, 0.25) is 5.01 Å². The Morgan fingerprint density at radius 2 is 1.87 bits per heavy atom. The van der Waals surface area contributed by atoms with Crippen molar-refractivity contribution in [2.24, 2.45) is 0 Å². The first-order valence-electron chi connectivity index (χ1n) is 9.84. The van der Waals surface area contributed by atoms with E-state index in [1.807, 2.05) is 0 Å². The van der Waals surface area contributed by atoms with Crippen LogP contribution in [-0.2, 0) is 6.61 Å². The van der Waals surface area contributed by atoms with Crippen molar-refractivity contribution in [2.75, 3.05) is 18.9 Å². The predicted molar refractivity (Wildman–Crippen MR) is 117 cm³/mol. The van der Waals surface area contributed by atoms with E-state index in [0.29, 0.717) is 16.3 Å². The average molecular weight is 443 g/mol. The molecule has 0 spiro atoms. The van der Waals surface area contributed by atoms with Gasteiger partial charge in [0.25, 0.3) is 11.8 Å². The molecule has 0 aliphatic rings. The molecule has 0 fully saturated rings. The summed E-state index contributed by atoms with van der Waals surface area (Å²) in [5.41, 5.74) is 0.671. The molecule has 0 saturated heterocycles. The fraction of sp³-hybridized carbons (Fsp3) is 0.273. The Kier molecular flexibility index (Phi) is 7.66. The Hall–Kier alpha value is -3.33. The first-order chi connectivity index (χ1) is 15.0. The maximum atomic E-state index is 13.7. The number of hydrogen-bond donors (Lipinski definition) is 1. The van der Waals surface area contributed by atoms with E-state index in [9.17, 15) is 14.0 Å². The molecule has 1 aromatic heterocycles. The molecule has 0 bridgehead atoms. The molecule has 7 nitrogen and oxygen atoms in total. The standard InChI is InChI=1S/C22H23FN4O3S/c1-3-4-13-27(2)22(29)15-9-11-16(12-10-15)30-14-19-25-26-21(31-19)20(28)24-18-8-6-5-7-17(18)23/h5-12H,3-4,13-14H2,1-2H3,(H,24,28). The number of para-hydroxylation sites is 1. The minimum absolute atomic E-state index is 0.0327. The number of benzene rings is 2. The molecule has 0 unspecified atom stereocenters. The van der Waals surface area contributed by atoms with E-state index >= 15 is 0 Å². The van der Waals surface area contributed by atoms with Crippen molar-refractivity contribution in [3.63, 3.8) is 0 Å². The highest BCUT2D eigenvalue weighted by Gasteiger charge is 2.15. The van der Waals surface area contributed by atoms with Crippen LogP contribution in [0.1, 0.15) is 44.9 Å². The quantitative estimate of drug-likeness (QED) is 0.532. The number of nitrogens with zero attached hydrogens (tertiary/aromatic N) is 3. The van der Waals surface area contributed by atoms with Crippen LogP contribution in [-0.4, -0.2) is 40.5 Å². The van der Waals surface area contributed by atoms with Gasteiger partial charge in [-0.25, -0.2) is 4.39 Å². The fourth-order valence-corrected chi connectivity index (χ4v) is 3.35. The topological polar surface area (TPSA) is 84.4 Å². The van der Waals surface area contributed by atoms with E-state index in [-0.39, 0.29) is 23.2 Å². The lowest BCUT2D eigenvalue weighted by atomic mass is 10.2. The van der Waals surface area contributed by atoms with Gasteiger partial charge in [-0.05, 0) is 42.8 Å². The molecule has 162 valence electrons. The lowest BCUT2D eigenvalue weighted by molar-refractivity contribution is 0.0793. The second-order valence-corrected chi connectivity index (χ2v) is 7.89. The normalized spacial score (nSPS) is 10.5. The zero-order valence-electron chi connectivity index (χ0n) is 17.3. The monoisotopic (exact) mass is 442 g/mol. The lowest BCUT2D eigenvalue weighted by Crippen LogP contribution is -2.27. The number of carbonyl (C=O) groups is 2. The van der Waals surface area contributed by atoms with Crippen molar-refractivity contribution >= 4 is 28.8 Å². The van der Waals surface area contributed by atoms with Crippen LogP contribution in [0, 0.1) is 5.82 Å². The Labute approximate surface area is 183 Å². The minimum atomic E-state index is -0.538. The molecule has 0 radical (unpaired) electrons. The van der Waals surface area contributed by atoms with E-state index in [2.05, 4.69) is 22.4 Å². The summed E-state index contributed by atoms with van der Waals surface area (Å²) in [5.74, 6) is -0.527. The molecule has 3 rings (SSSR count). The number of halogens is 1. The van der Waals surface area contributed by atoms with Crippen LogP contribution in [0.15, 0.2) is 48.5 Å². The summed E-state index contributed by atoms with van der Waals surface area (Å²) in [6.45, 7) is 2.92. The highest BCUT2D eigenvalue weighted by molar-refractivity contribution is 7.13. The van der Waals surface area contributed by atoms with Crippen LogP contribution in [0.3, 0.4) is 0 Å². The van der Waals surface area contributed by atoms with Crippen LogP contribution in [0.4, 0.5) is 10.1 Å². The number of anilines is 1. The maximum Gasteiger partial charge on any atom is 0.286 e. The minimum Gasteiger partial charge on any atom is -0.486 e. The number of nitrogens with one attached hydrogen (secondary N) is 1. The molecule has 2 amide bonds. The van der Waals surface area contributed by atoms with Gasteiger partial charge < -0.3 is 15.0 Å². The summed E-state index contributed by atoms with van der Waals surface area (Å²) in [6.07, 6.45) is 1.99.